The van der Waals surface area contributed by atoms with Crippen molar-refractivity contribution in [1.29, 1.82) is 0 Å². The van der Waals surface area contributed by atoms with Crippen LogP contribution in [0.3, 0.4) is 0 Å². The van der Waals surface area contributed by atoms with E-state index in [4.69, 9.17) is 21.1 Å². The van der Waals surface area contributed by atoms with E-state index in [-0.39, 0.29) is 17.8 Å². The van der Waals surface area contributed by atoms with Crippen molar-refractivity contribution in [3.63, 3.8) is 0 Å². The highest BCUT2D eigenvalue weighted by Gasteiger charge is 2.33. The molecule has 1 saturated heterocycles. The Bertz CT molecular complexity index is 167. The van der Waals surface area contributed by atoms with Gasteiger partial charge < -0.3 is 9.47 Å². The Labute approximate surface area is 70.6 Å². The average molecular weight is 179 g/mol. The van der Waals surface area contributed by atoms with Crippen molar-refractivity contribution in [3.05, 3.63) is 0 Å². The Morgan fingerprint density at radius 1 is 1.73 bits per heavy atom. The SMILES string of the molecule is CC1(C)OCC(CC(=O)Cl)O1. The molecular formula is C7H11ClO3. The molecule has 0 N–H and O–H groups in total. The molecule has 0 aliphatic carbocycles. The van der Waals surface area contributed by atoms with Gasteiger partial charge in [0.05, 0.1) is 19.1 Å². The molecule has 0 spiro atoms. The quantitative estimate of drug-likeness (QED) is 0.598. The fourth-order valence-corrected chi connectivity index (χ4v) is 1.21. The summed E-state index contributed by atoms with van der Waals surface area (Å²) in [5, 5.41) is -0.378. The van der Waals surface area contributed by atoms with E-state index in [1.165, 1.54) is 0 Å². The van der Waals surface area contributed by atoms with Crippen LogP contribution in [-0.2, 0) is 14.3 Å². The van der Waals surface area contributed by atoms with Crippen LogP contribution in [0.25, 0.3) is 0 Å². The minimum atomic E-state index is -0.559. The monoisotopic (exact) mass is 178 g/mol. The van der Waals surface area contributed by atoms with Crippen LogP contribution in [0.1, 0.15) is 20.3 Å². The lowest BCUT2D eigenvalue weighted by molar-refractivity contribution is -0.140. The molecule has 1 aliphatic rings. The Kier molecular flexibility index (Phi) is 2.52. The van der Waals surface area contributed by atoms with Gasteiger partial charge in [0.2, 0.25) is 5.24 Å². The van der Waals surface area contributed by atoms with Crippen LogP contribution in [0.2, 0.25) is 0 Å². The number of ether oxygens (including phenoxy) is 2. The molecule has 0 saturated carbocycles. The zero-order chi connectivity index (χ0) is 8.48. The molecule has 0 aromatic rings. The van der Waals surface area contributed by atoms with E-state index in [0.717, 1.165) is 0 Å². The molecule has 4 heteroatoms. The van der Waals surface area contributed by atoms with Crippen LogP contribution < -0.4 is 0 Å². The first-order chi connectivity index (χ1) is 4.99. The maximum atomic E-state index is 10.4. The number of halogens is 1. The molecule has 1 unspecified atom stereocenters. The molecule has 11 heavy (non-hydrogen) atoms. The lowest BCUT2D eigenvalue weighted by Gasteiger charge is -2.16. The molecule has 1 rings (SSSR count). The molecule has 64 valence electrons. The Hall–Kier alpha value is -0.120. The number of rotatable bonds is 2. The van der Waals surface area contributed by atoms with Gasteiger partial charge in [0.15, 0.2) is 5.79 Å². The molecule has 1 heterocycles. The normalized spacial score (nSPS) is 28.8. The van der Waals surface area contributed by atoms with Gasteiger partial charge in [-0.2, -0.15) is 0 Å². The summed E-state index contributed by atoms with van der Waals surface area (Å²) in [5.41, 5.74) is 0. The topological polar surface area (TPSA) is 35.5 Å². The fourth-order valence-electron chi connectivity index (χ4n) is 1.04. The summed E-state index contributed by atoms with van der Waals surface area (Å²) in [6.07, 6.45) is 0.0559. The standard InChI is InChI=1S/C7H11ClO3/c1-7(2)10-4-5(11-7)3-6(8)9/h5H,3-4H2,1-2H3. The van der Waals surface area contributed by atoms with Crippen molar-refractivity contribution in [1.82, 2.24) is 0 Å². The van der Waals surface area contributed by atoms with Gasteiger partial charge in [0.1, 0.15) is 0 Å². The fraction of sp³-hybridized carbons (Fsp3) is 0.857. The molecule has 0 bridgehead atoms. The van der Waals surface area contributed by atoms with Crippen molar-refractivity contribution in [3.8, 4) is 0 Å². The highest BCUT2D eigenvalue weighted by molar-refractivity contribution is 6.63. The van der Waals surface area contributed by atoms with E-state index < -0.39 is 5.79 Å². The summed E-state index contributed by atoms with van der Waals surface area (Å²) in [6.45, 7) is 4.07. The van der Waals surface area contributed by atoms with E-state index in [0.29, 0.717) is 6.61 Å². The highest BCUT2D eigenvalue weighted by atomic mass is 35.5. The molecule has 0 aromatic carbocycles. The summed E-state index contributed by atoms with van der Waals surface area (Å²) >= 11 is 5.18. The van der Waals surface area contributed by atoms with Gasteiger partial charge in [-0.05, 0) is 25.4 Å². The lowest BCUT2D eigenvalue weighted by Crippen LogP contribution is -2.22. The maximum absolute atomic E-state index is 10.4. The van der Waals surface area contributed by atoms with Crippen molar-refractivity contribution >= 4 is 16.8 Å². The third kappa shape index (κ3) is 2.77. The van der Waals surface area contributed by atoms with E-state index in [1.54, 1.807) is 0 Å². The maximum Gasteiger partial charge on any atom is 0.224 e. The van der Waals surface area contributed by atoms with Crippen LogP contribution in [0.15, 0.2) is 0 Å². The van der Waals surface area contributed by atoms with Crippen molar-refractivity contribution < 1.29 is 14.3 Å². The number of hydrogen-bond donors (Lipinski definition) is 0. The Morgan fingerprint density at radius 3 is 2.73 bits per heavy atom. The van der Waals surface area contributed by atoms with Crippen LogP contribution in [-0.4, -0.2) is 23.7 Å². The van der Waals surface area contributed by atoms with E-state index >= 15 is 0 Å². The van der Waals surface area contributed by atoms with Crippen molar-refractivity contribution in [2.24, 2.45) is 0 Å². The summed E-state index contributed by atoms with van der Waals surface area (Å²) in [7, 11) is 0. The molecule has 0 amide bonds. The second-order valence-electron chi connectivity index (χ2n) is 3.01. The summed E-state index contributed by atoms with van der Waals surface area (Å²) in [5.74, 6) is -0.559. The van der Waals surface area contributed by atoms with Crippen LogP contribution in [0.5, 0.6) is 0 Å². The van der Waals surface area contributed by atoms with Gasteiger partial charge in [-0.25, -0.2) is 0 Å². The summed E-state index contributed by atoms with van der Waals surface area (Å²) in [6, 6.07) is 0. The number of carbonyl (C=O) groups excluding carboxylic acids is 1. The highest BCUT2D eigenvalue weighted by Crippen LogP contribution is 2.24. The Morgan fingerprint density at radius 2 is 2.36 bits per heavy atom. The predicted molar refractivity (Wildman–Crippen MR) is 40.4 cm³/mol. The first-order valence-corrected chi connectivity index (χ1v) is 3.87. The Balaban J connectivity index is 2.36. The zero-order valence-corrected chi connectivity index (χ0v) is 7.35. The van der Waals surface area contributed by atoms with E-state index in [9.17, 15) is 4.79 Å². The molecule has 3 nitrogen and oxygen atoms in total. The molecule has 1 atom stereocenters. The van der Waals surface area contributed by atoms with Gasteiger partial charge in [0, 0.05) is 0 Å². The van der Waals surface area contributed by atoms with Crippen molar-refractivity contribution in [2.45, 2.75) is 32.2 Å². The first-order valence-electron chi connectivity index (χ1n) is 3.50. The van der Waals surface area contributed by atoms with Crippen molar-refractivity contribution in [2.75, 3.05) is 6.61 Å². The molecule has 1 aliphatic heterocycles. The van der Waals surface area contributed by atoms with Crippen LogP contribution in [0.4, 0.5) is 0 Å². The number of carbonyl (C=O) groups is 1. The molecule has 0 radical (unpaired) electrons. The second kappa shape index (κ2) is 3.09. The zero-order valence-electron chi connectivity index (χ0n) is 6.59. The smallest absolute Gasteiger partial charge is 0.224 e. The minimum Gasteiger partial charge on any atom is -0.348 e. The van der Waals surface area contributed by atoms with Gasteiger partial charge in [-0.15, -0.1) is 0 Å². The van der Waals surface area contributed by atoms with Crippen LogP contribution >= 0.6 is 11.6 Å². The molecule has 0 aromatic heterocycles. The minimum absolute atomic E-state index is 0.171. The second-order valence-corrected chi connectivity index (χ2v) is 3.43. The van der Waals surface area contributed by atoms with Gasteiger partial charge in [0.25, 0.3) is 0 Å². The molecule has 1 fully saturated rings. The van der Waals surface area contributed by atoms with E-state index in [2.05, 4.69) is 0 Å². The third-order valence-electron chi connectivity index (χ3n) is 1.46. The third-order valence-corrected chi connectivity index (χ3v) is 1.61. The summed E-state index contributed by atoms with van der Waals surface area (Å²) in [4.78, 5) is 10.4. The summed E-state index contributed by atoms with van der Waals surface area (Å²) < 4.78 is 10.6. The predicted octanol–water partition coefficient (Wildman–Crippen LogP) is 1.29. The van der Waals surface area contributed by atoms with Gasteiger partial charge in [-0.1, -0.05) is 0 Å². The largest absolute Gasteiger partial charge is 0.348 e. The molecular weight excluding hydrogens is 168 g/mol. The van der Waals surface area contributed by atoms with Gasteiger partial charge >= 0.3 is 0 Å². The first kappa shape index (κ1) is 8.97. The lowest BCUT2D eigenvalue weighted by atomic mass is 10.3. The number of hydrogen-bond acceptors (Lipinski definition) is 3. The van der Waals surface area contributed by atoms with Crippen LogP contribution in [0, 0.1) is 0 Å². The van der Waals surface area contributed by atoms with E-state index in [1.807, 2.05) is 13.8 Å². The average Bonchev–Trinajstić information content (AvgIpc) is 2.08. The van der Waals surface area contributed by atoms with Gasteiger partial charge in [-0.3, -0.25) is 4.79 Å².